The molecule has 4 nitrogen and oxygen atoms in total. The standard InChI is InChI=1S/C4H7F3N2.C2H4O2/c1-2-9-3(8)4(5,6)7;1-2(3)4/h2H2,1H3,(H2,8,9);1H3,(H,3,4). The number of nitrogens with two attached hydrogens (primary N) is 1. The minimum absolute atomic E-state index is 0.0609. The second kappa shape index (κ2) is 6.27. The zero-order chi connectivity index (χ0) is 11.1. The molecule has 0 aromatic carbocycles. The smallest absolute Gasteiger partial charge is 0.448 e. The molecule has 0 spiro atoms. The van der Waals surface area contributed by atoms with E-state index in [2.05, 4.69) is 10.7 Å². The second-order valence-corrected chi connectivity index (χ2v) is 1.88. The van der Waals surface area contributed by atoms with Gasteiger partial charge in [-0.25, -0.2) is 0 Å². The van der Waals surface area contributed by atoms with E-state index in [4.69, 9.17) is 9.90 Å². The third-order valence-corrected chi connectivity index (χ3v) is 0.619. The molecule has 0 heterocycles. The zero-order valence-corrected chi connectivity index (χ0v) is 7.22. The molecule has 0 atom stereocenters. The zero-order valence-electron chi connectivity index (χ0n) is 7.22. The van der Waals surface area contributed by atoms with Gasteiger partial charge in [0.2, 0.25) is 5.84 Å². The summed E-state index contributed by atoms with van der Waals surface area (Å²) in [5, 5.41) is 7.42. The van der Waals surface area contributed by atoms with Crippen LogP contribution in [0.15, 0.2) is 4.99 Å². The summed E-state index contributed by atoms with van der Waals surface area (Å²) in [5.41, 5.74) is 4.49. The minimum Gasteiger partial charge on any atom is -0.481 e. The van der Waals surface area contributed by atoms with Crippen LogP contribution in [-0.4, -0.2) is 29.6 Å². The molecule has 0 rings (SSSR count). The predicted molar refractivity (Wildman–Crippen MR) is 41.5 cm³/mol. The number of hydrogen-bond donors (Lipinski definition) is 2. The van der Waals surface area contributed by atoms with Crippen molar-refractivity contribution in [1.29, 1.82) is 0 Å². The first-order valence-electron chi connectivity index (χ1n) is 3.28. The molecule has 0 aliphatic carbocycles. The summed E-state index contributed by atoms with van der Waals surface area (Å²) < 4.78 is 34.1. The maximum absolute atomic E-state index is 11.4. The molecule has 0 amide bonds. The van der Waals surface area contributed by atoms with E-state index in [0.29, 0.717) is 0 Å². The molecule has 0 saturated heterocycles. The first-order chi connectivity index (χ1) is 5.71. The highest BCUT2D eigenvalue weighted by atomic mass is 19.4. The number of carboxylic acid groups (broad SMARTS) is 1. The SMILES string of the molecule is CC(=O)O.CCN=C(N)C(F)(F)F. The van der Waals surface area contributed by atoms with Gasteiger partial charge >= 0.3 is 6.18 Å². The second-order valence-electron chi connectivity index (χ2n) is 1.88. The van der Waals surface area contributed by atoms with E-state index >= 15 is 0 Å². The van der Waals surface area contributed by atoms with Gasteiger partial charge in [-0.2, -0.15) is 13.2 Å². The van der Waals surface area contributed by atoms with Gasteiger partial charge in [0, 0.05) is 13.5 Å². The predicted octanol–water partition coefficient (Wildman–Crippen LogP) is 1.02. The molecular formula is C6H11F3N2O2. The van der Waals surface area contributed by atoms with E-state index in [1.54, 1.807) is 0 Å². The van der Waals surface area contributed by atoms with Crippen molar-refractivity contribution in [3.63, 3.8) is 0 Å². The number of carboxylic acids is 1. The third kappa shape index (κ3) is 13.7. The summed E-state index contributed by atoms with van der Waals surface area (Å²) in [7, 11) is 0. The van der Waals surface area contributed by atoms with E-state index in [-0.39, 0.29) is 6.54 Å². The van der Waals surface area contributed by atoms with Crippen molar-refractivity contribution in [1.82, 2.24) is 0 Å². The molecule has 0 radical (unpaired) electrons. The molecule has 0 aromatic heterocycles. The summed E-state index contributed by atoms with van der Waals surface area (Å²) in [6, 6.07) is 0. The first-order valence-corrected chi connectivity index (χ1v) is 3.28. The summed E-state index contributed by atoms with van der Waals surface area (Å²) in [6.07, 6.45) is -4.46. The Morgan fingerprint density at radius 3 is 1.92 bits per heavy atom. The van der Waals surface area contributed by atoms with E-state index in [1.807, 2.05) is 0 Å². The number of alkyl halides is 3. The Bertz CT molecular complexity index is 185. The summed E-state index contributed by atoms with van der Waals surface area (Å²) in [6.45, 7) is 2.63. The molecule has 0 fully saturated rings. The molecular weight excluding hydrogens is 189 g/mol. The Kier molecular flexibility index (Phi) is 6.88. The normalized spacial score (nSPS) is 11.6. The summed E-state index contributed by atoms with van der Waals surface area (Å²) in [4.78, 5) is 12.0. The number of nitrogens with zero attached hydrogens (tertiary/aromatic N) is 1. The number of aliphatic carboxylic acids is 1. The monoisotopic (exact) mass is 200 g/mol. The van der Waals surface area contributed by atoms with E-state index in [1.165, 1.54) is 6.92 Å². The van der Waals surface area contributed by atoms with Crippen LogP contribution in [0, 0.1) is 0 Å². The molecule has 0 unspecified atom stereocenters. The molecule has 0 aliphatic rings. The van der Waals surface area contributed by atoms with Gasteiger partial charge < -0.3 is 10.8 Å². The lowest BCUT2D eigenvalue weighted by molar-refractivity contribution is -0.134. The number of carbonyl (C=O) groups is 1. The van der Waals surface area contributed by atoms with Gasteiger partial charge in [-0.3, -0.25) is 9.79 Å². The number of hydrogen-bond acceptors (Lipinski definition) is 2. The molecule has 7 heteroatoms. The average Bonchev–Trinajstić information content (AvgIpc) is 1.84. The van der Waals surface area contributed by atoms with Gasteiger partial charge in [-0.15, -0.1) is 0 Å². The van der Waals surface area contributed by atoms with Crippen LogP contribution in [0.25, 0.3) is 0 Å². The van der Waals surface area contributed by atoms with Gasteiger partial charge in [0.25, 0.3) is 5.97 Å². The fraction of sp³-hybridized carbons (Fsp3) is 0.667. The van der Waals surface area contributed by atoms with Crippen LogP contribution in [0.5, 0.6) is 0 Å². The van der Waals surface area contributed by atoms with Gasteiger partial charge in [0.05, 0.1) is 0 Å². The molecule has 0 aromatic rings. The van der Waals surface area contributed by atoms with E-state index in [0.717, 1.165) is 6.92 Å². The lowest BCUT2D eigenvalue weighted by atomic mass is 10.6. The highest BCUT2D eigenvalue weighted by Gasteiger charge is 2.32. The van der Waals surface area contributed by atoms with Gasteiger partial charge in [0.1, 0.15) is 0 Å². The lowest BCUT2D eigenvalue weighted by Gasteiger charge is -2.02. The van der Waals surface area contributed by atoms with Crippen LogP contribution in [0.4, 0.5) is 13.2 Å². The largest absolute Gasteiger partial charge is 0.481 e. The van der Waals surface area contributed by atoms with Gasteiger partial charge in [-0.05, 0) is 6.92 Å². The van der Waals surface area contributed by atoms with Crippen molar-refractivity contribution in [3.8, 4) is 0 Å². The van der Waals surface area contributed by atoms with Crippen LogP contribution >= 0.6 is 0 Å². The van der Waals surface area contributed by atoms with Crippen molar-refractivity contribution < 1.29 is 23.1 Å². The summed E-state index contributed by atoms with van der Waals surface area (Å²) >= 11 is 0. The average molecular weight is 200 g/mol. The van der Waals surface area contributed by atoms with Crippen molar-refractivity contribution in [3.05, 3.63) is 0 Å². The Hall–Kier alpha value is -1.27. The third-order valence-electron chi connectivity index (χ3n) is 0.619. The van der Waals surface area contributed by atoms with Crippen LogP contribution in [-0.2, 0) is 4.79 Å². The van der Waals surface area contributed by atoms with Crippen molar-refractivity contribution in [2.75, 3.05) is 6.54 Å². The number of rotatable bonds is 1. The quantitative estimate of drug-likeness (QED) is 0.490. The maximum Gasteiger partial charge on any atom is 0.448 e. The Labute approximate surface area is 73.3 Å². The van der Waals surface area contributed by atoms with Crippen LogP contribution in [0.3, 0.4) is 0 Å². The van der Waals surface area contributed by atoms with Crippen LogP contribution in [0.2, 0.25) is 0 Å². The van der Waals surface area contributed by atoms with Crippen molar-refractivity contribution >= 4 is 11.8 Å². The van der Waals surface area contributed by atoms with Crippen molar-refractivity contribution in [2.24, 2.45) is 10.7 Å². The lowest BCUT2D eigenvalue weighted by Crippen LogP contribution is -2.31. The Morgan fingerprint density at radius 1 is 1.54 bits per heavy atom. The Morgan fingerprint density at radius 2 is 1.85 bits per heavy atom. The van der Waals surface area contributed by atoms with Crippen LogP contribution < -0.4 is 5.73 Å². The van der Waals surface area contributed by atoms with Gasteiger partial charge in [0.15, 0.2) is 0 Å². The molecule has 78 valence electrons. The minimum atomic E-state index is -4.46. The fourth-order valence-corrected chi connectivity index (χ4v) is 0.260. The van der Waals surface area contributed by atoms with Crippen molar-refractivity contribution in [2.45, 2.75) is 20.0 Å². The molecule has 0 aliphatic heterocycles. The first kappa shape index (κ1) is 14.3. The van der Waals surface area contributed by atoms with Gasteiger partial charge in [-0.1, -0.05) is 0 Å². The summed E-state index contributed by atoms with van der Waals surface area (Å²) in [5.74, 6) is -2.09. The maximum atomic E-state index is 11.4. The van der Waals surface area contributed by atoms with Crippen LogP contribution in [0.1, 0.15) is 13.8 Å². The highest BCUT2D eigenvalue weighted by Crippen LogP contribution is 2.13. The van der Waals surface area contributed by atoms with E-state index in [9.17, 15) is 13.2 Å². The highest BCUT2D eigenvalue weighted by molar-refractivity contribution is 5.85. The fourth-order valence-electron chi connectivity index (χ4n) is 0.260. The molecule has 0 saturated carbocycles. The Balaban J connectivity index is 0. The molecule has 0 bridgehead atoms. The number of aliphatic imine (C=N–C) groups is 1. The number of amidine groups is 1. The topological polar surface area (TPSA) is 75.7 Å². The number of halogens is 3. The molecule has 13 heavy (non-hydrogen) atoms. The van der Waals surface area contributed by atoms with E-state index < -0.39 is 18.0 Å². The molecule has 3 N–H and O–H groups in total.